The highest BCUT2D eigenvalue weighted by Crippen LogP contribution is 2.62. The molecule has 2 unspecified atom stereocenters. The van der Waals surface area contributed by atoms with Gasteiger partial charge in [0.1, 0.15) is 5.60 Å². The Kier molecular flexibility index (Phi) is 6.51. The first-order valence-electron chi connectivity index (χ1n) is 11.1. The predicted molar refractivity (Wildman–Crippen MR) is 115 cm³/mol. The van der Waals surface area contributed by atoms with Gasteiger partial charge < -0.3 is 9.84 Å². The van der Waals surface area contributed by atoms with E-state index >= 15 is 0 Å². The van der Waals surface area contributed by atoms with E-state index in [1.54, 1.807) is 12.2 Å². The number of carbonyl (C=O) groups is 3. The lowest BCUT2D eigenvalue weighted by molar-refractivity contribution is -0.162. The molecule has 5 nitrogen and oxygen atoms in total. The number of hydrogen-bond acceptors (Lipinski definition) is 5. The molecule has 5 atom stereocenters. The van der Waals surface area contributed by atoms with Crippen molar-refractivity contribution in [3.05, 3.63) is 35.5 Å². The summed E-state index contributed by atoms with van der Waals surface area (Å²) in [6.45, 7) is 7.08. The zero-order valence-electron chi connectivity index (χ0n) is 18.6. The van der Waals surface area contributed by atoms with E-state index in [2.05, 4.69) is 13.0 Å². The van der Waals surface area contributed by atoms with Crippen LogP contribution in [0.2, 0.25) is 0 Å². The summed E-state index contributed by atoms with van der Waals surface area (Å²) in [5, 5.41) is 11.4. The maximum absolute atomic E-state index is 12.8. The van der Waals surface area contributed by atoms with Crippen LogP contribution in [0.5, 0.6) is 0 Å². The summed E-state index contributed by atoms with van der Waals surface area (Å²) in [5.41, 5.74) is 0.492. The van der Waals surface area contributed by atoms with E-state index in [-0.39, 0.29) is 18.3 Å². The fourth-order valence-corrected chi connectivity index (χ4v) is 5.86. The van der Waals surface area contributed by atoms with Crippen LogP contribution in [0, 0.1) is 23.2 Å². The number of aliphatic hydroxyl groups is 1. The highest BCUT2D eigenvalue weighted by Gasteiger charge is 2.63. The Morgan fingerprint density at radius 3 is 2.73 bits per heavy atom. The summed E-state index contributed by atoms with van der Waals surface area (Å²) >= 11 is 0. The molecule has 3 aliphatic carbocycles. The van der Waals surface area contributed by atoms with Crippen LogP contribution in [0.15, 0.2) is 35.5 Å². The van der Waals surface area contributed by atoms with Crippen LogP contribution in [-0.2, 0) is 19.1 Å². The third kappa shape index (κ3) is 3.96. The van der Waals surface area contributed by atoms with Crippen LogP contribution in [0.1, 0.15) is 66.2 Å². The largest absolute Gasteiger partial charge is 0.458 e. The molecule has 3 aliphatic rings. The van der Waals surface area contributed by atoms with Gasteiger partial charge in [0.15, 0.2) is 12.4 Å². The van der Waals surface area contributed by atoms with Gasteiger partial charge in [0, 0.05) is 12.3 Å². The van der Waals surface area contributed by atoms with E-state index in [1.807, 2.05) is 19.9 Å². The minimum atomic E-state index is -1.46. The smallest absolute Gasteiger partial charge is 0.303 e. The van der Waals surface area contributed by atoms with Crippen LogP contribution in [0.4, 0.5) is 0 Å². The highest BCUT2D eigenvalue weighted by molar-refractivity contribution is 5.99. The van der Waals surface area contributed by atoms with E-state index in [1.165, 1.54) is 18.1 Å². The molecule has 2 saturated carbocycles. The Hall–Kier alpha value is -2.01. The summed E-state index contributed by atoms with van der Waals surface area (Å²) in [6, 6.07) is 0. The van der Waals surface area contributed by atoms with Crippen molar-refractivity contribution in [2.45, 2.75) is 71.8 Å². The molecule has 2 fully saturated rings. The van der Waals surface area contributed by atoms with Crippen LogP contribution in [-0.4, -0.2) is 34.9 Å². The number of hydrogen-bond donors (Lipinski definition) is 1. The van der Waals surface area contributed by atoms with E-state index in [0.717, 1.165) is 25.7 Å². The van der Waals surface area contributed by atoms with Crippen LogP contribution in [0.25, 0.3) is 0 Å². The molecule has 1 N–H and O–H groups in total. The van der Waals surface area contributed by atoms with Gasteiger partial charge in [-0.3, -0.25) is 14.4 Å². The number of Topliss-reactive ketones (excluding diaryl/α,β-unsaturated/α-hetero) is 1. The molecule has 0 heterocycles. The second-order valence-corrected chi connectivity index (χ2v) is 9.46. The molecule has 0 aliphatic heterocycles. The Morgan fingerprint density at radius 1 is 1.33 bits per heavy atom. The summed E-state index contributed by atoms with van der Waals surface area (Å²) < 4.78 is 4.90. The molecule has 0 amide bonds. The number of allylic oxidation sites excluding steroid dienone is 6. The van der Waals surface area contributed by atoms with E-state index in [4.69, 9.17) is 4.74 Å². The zero-order chi connectivity index (χ0) is 22.1. The van der Waals surface area contributed by atoms with Crippen LogP contribution in [0.3, 0.4) is 0 Å². The molecule has 5 heteroatoms. The van der Waals surface area contributed by atoms with Crippen molar-refractivity contribution in [1.82, 2.24) is 0 Å². The molecule has 0 aromatic heterocycles. The van der Waals surface area contributed by atoms with Gasteiger partial charge in [0.2, 0.25) is 5.78 Å². The Labute approximate surface area is 179 Å². The zero-order valence-corrected chi connectivity index (χ0v) is 18.6. The maximum Gasteiger partial charge on any atom is 0.303 e. The Balaban J connectivity index is 1.82. The van der Waals surface area contributed by atoms with Crippen molar-refractivity contribution in [1.29, 1.82) is 0 Å². The molecular weight excluding hydrogens is 380 g/mol. The molecule has 0 aromatic carbocycles. The highest BCUT2D eigenvalue weighted by atomic mass is 16.5. The lowest BCUT2D eigenvalue weighted by atomic mass is 9.55. The van der Waals surface area contributed by atoms with Gasteiger partial charge in [-0.15, -0.1) is 0 Å². The fraction of sp³-hybridized carbons (Fsp3) is 0.640. The number of esters is 1. The molecule has 164 valence electrons. The summed E-state index contributed by atoms with van der Waals surface area (Å²) in [6.07, 6.45) is 11.9. The Bertz CT molecular complexity index is 819. The first-order valence-corrected chi connectivity index (χ1v) is 11.1. The van der Waals surface area contributed by atoms with E-state index in [0.29, 0.717) is 24.7 Å². The number of rotatable bonds is 6. The second-order valence-electron chi connectivity index (χ2n) is 9.46. The quantitative estimate of drug-likeness (QED) is 0.402. The number of ether oxygens (including phenoxy) is 1. The SMILES string of the molecule is CC/C=C\C(=O)/C=C1\CC2=CC[C@@]3(C)C(CC[C@]3(O)C(=O)COC(C)=O)C2C[C@@H]1C. The first kappa shape index (κ1) is 22.7. The first-order chi connectivity index (χ1) is 14.1. The average Bonchev–Trinajstić information content (AvgIpc) is 2.97. The van der Waals surface area contributed by atoms with Gasteiger partial charge in [-0.2, -0.15) is 0 Å². The maximum atomic E-state index is 12.8. The second kappa shape index (κ2) is 8.62. The topological polar surface area (TPSA) is 80.7 Å². The molecule has 0 radical (unpaired) electrons. The van der Waals surface area contributed by atoms with Crippen molar-refractivity contribution < 1.29 is 24.2 Å². The minimum absolute atomic E-state index is 0.0460. The lowest BCUT2D eigenvalue weighted by Crippen LogP contribution is -2.55. The van der Waals surface area contributed by atoms with E-state index in [9.17, 15) is 19.5 Å². The molecule has 0 bridgehead atoms. The normalized spacial score (nSPS) is 36.9. The monoisotopic (exact) mass is 414 g/mol. The van der Waals surface area contributed by atoms with Crippen molar-refractivity contribution in [3.8, 4) is 0 Å². The fourth-order valence-electron chi connectivity index (χ4n) is 5.86. The lowest BCUT2D eigenvalue weighted by Gasteiger charge is -2.50. The average molecular weight is 415 g/mol. The van der Waals surface area contributed by atoms with Crippen molar-refractivity contribution in [3.63, 3.8) is 0 Å². The van der Waals surface area contributed by atoms with Crippen molar-refractivity contribution >= 4 is 17.5 Å². The van der Waals surface area contributed by atoms with Gasteiger partial charge in [0.25, 0.3) is 0 Å². The van der Waals surface area contributed by atoms with Gasteiger partial charge in [0.05, 0.1) is 0 Å². The van der Waals surface area contributed by atoms with Gasteiger partial charge in [-0.1, -0.05) is 44.1 Å². The number of ketones is 2. The van der Waals surface area contributed by atoms with Gasteiger partial charge >= 0.3 is 5.97 Å². The Morgan fingerprint density at radius 2 is 2.07 bits per heavy atom. The molecule has 0 spiro atoms. The predicted octanol–water partition coefficient (Wildman–Crippen LogP) is 4.10. The van der Waals surface area contributed by atoms with Gasteiger partial charge in [-0.25, -0.2) is 0 Å². The van der Waals surface area contributed by atoms with Crippen molar-refractivity contribution in [2.75, 3.05) is 6.61 Å². The summed E-state index contributed by atoms with van der Waals surface area (Å²) in [5.74, 6) is -0.0432. The number of carbonyl (C=O) groups excluding carboxylic acids is 3. The third-order valence-electron chi connectivity index (χ3n) is 7.69. The third-order valence-corrected chi connectivity index (χ3v) is 7.69. The summed E-state index contributed by atoms with van der Waals surface area (Å²) in [4.78, 5) is 36.1. The van der Waals surface area contributed by atoms with Crippen LogP contribution >= 0.6 is 0 Å². The number of fused-ring (bicyclic) bond motifs is 3. The minimum Gasteiger partial charge on any atom is -0.458 e. The molecular formula is C25H34O5. The molecule has 30 heavy (non-hydrogen) atoms. The van der Waals surface area contributed by atoms with E-state index < -0.39 is 22.8 Å². The molecule has 0 saturated heterocycles. The molecule has 3 rings (SSSR count). The summed E-state index contributed by atoms with van der Waals surface area (Å²) in [7, 11) is 0. The molecule has 0 aromatic rings. The van der Waals surface area contributed by atoms with Crippen LogP contribution < -0.4 is 0 Å². The standard InChI is InChI=1S/C25H34O5/c1-5-6-7-20(27)14-19-13-18-8-10-24(4)22(21(18)12-16(19)2)9-11-25(24,29)23(28)15-30-17(3)26/h6-8,14,16,21-22,29H,5,9-13,15H2,1-4H3/b7-6-,19-14+/t16-,21?,22?,24-,25-/m0/s1. The van der Waals surface area contributed by atoms with Crippen molar-refractivity contribution in [2.24, 2.45) is 23.2 Å². The van der Waals surface area contributed by atoms with Gasteiger partial charge in [-0.05, 0) is 68.4 Å².